The van der Waals surface area contributed by atoms with Gasteiger partial charge in [-0.15, -0.1) is 5.10 Å². The third-order valence-electron chi connectivity index (χ3n) is 4.37. The summed E-state index contributed by atoms with van der Waals surface area (Å²) in [5.74, 6) is -0.564. The van der Waals surface area contributed by atoms with Crippen LogP contribution < -0.4 is 15.4 Å². The van der Waals surface area contributed by atoms with E-state index >= 15 is 0 Å². The van der Waals surface area contributed by atoms with Crippen molar-refractivity contribution < 1.29 is 18.7 Å². The Morgan fingerprint density at radius 1 is 1.22 bits per heavy atom. The Bertz CT molecular complexity index is 824. The molecule has 0 unspecified atom stereocenters. The van der Waals surface area contributed by atoms with Crippen molar-refractivity contribution in [3.63, 3.8) is 0 Å². The number of carbonyl (C=O) groups is 2. The third-order valence-corrected chi connectivity index (χ3v) is 4.37. The molecular formula is C18H20FN5O3. The summed E-state index contributed by atoms with van der Waals surface area (Å²) in [4.78, 5) is 26.4. The first-order chi connectivity index (χ1) is 13.1. The summed E-state index contributed by atoms with van der Waals surface area (Å²) in [7, 11) is 1.45. The van der Waals surface area contributed by atoms with Gasteiger partial charge in [-0.3, -0.25) is 4.79 Å². The molecule has 1 aliphatic heterocycles. The number of carbonyl (C=O) groups excluding carboxylic acids is 2. The van der Waals surface area contributed by atoms with E-state index < -0.39 is 5.82 Å². The molecule has 1 aromatic carbocycles. The Labute approximate surface area is 155 Å². The number of nitrogens with zero attached hydrogens (tertiary/aromatic N) is 3. The van der Waals surface area contributed by atoms with Gasteiger partial charge in [-0.1, -0.05) is 6.07 Å². The van der Waals surface area contributed by atoms with Crippen LogP contribution in [0.4, 0.5) is 20.6 Å². The van der Waals surface area contributed by atoms with Gasteiger partial charge in [0.05, 0.1) is 13.3 Å². The van der Waals surface area contributed by atoms with Crippen LogP contribution in [0.25, 0.3) is 0 Å². The quantitative estimate of drug-likeness (QED) is 0.858. The lowest BCUT2D eigenvalue weighted by Crippen LogP contribution is -2.43. The maximum atomic E-state index is 13.2. The minimum Gasteiger partial charge on any atom is -0.478 e. The highest BCUT2D eigenvalue weighted by atomic mass is 19.1. The van der Waals surface area contributed by atoms with Crippen molar-refractivity contribution >= 4 is 23.3 Å². The Balaban J connectivity index is 1.52. The Morgan fingerprint density at radius 3 is 2.70 bits per heavy atom. The molecule has 9 heteroatoms. The van der Waals surface area contributed by atoms with Crippen molar-refractivity contribution in [2.24, 2.45) is 5.92 Å². The number of amides is 3. The highest BCUT2D eigenvalue weighted by molar-refractivity contribution is 5.93. The summed E-state index contributed by atoms with van der Waals surface area (Å²) >= 11 is 0. The molecule has 0 radical (unpaired) electrons. The molecule has 0 atom stereocenters. The minimum atomic E-state index is -0.402. The topological polar surface area (TPSA) is 96.5 Å². The van der Waals surface area contributed by atoms with Crippen LogP contribution >= 0.6 is 0 Å². The Hall–Kier alpha value is -3.23. The monoisotopic (exact) mass is 373 g/mol. The lowest BCUT2D eigenvalue weighted by atomic mass is 9.96. The highest BCUT2D eigenvalue weighted by Crippen LogP contribution is 2.23. The van der Waals surface area contributed by atoms with Crippen LogP contribution in [-0.2, 0) is 4.79 Å². The van der Waals surface area contributed by atoms with Crippen molar-refractivity contribution in [3.05, 3.63) is 42.3 Å². The largest absolute Gasteiger partial charge is 0.478 e. The summed E-state index contributed by atoms with van der Waals surface area (Å²) in [5.41, 5.74) is 0.862. The summed E-state index contributed by atoms with van der Waals surface area (Å²) in [6.07, 6.45) is 2.52. The molecule has 0 spiro atoms. The van der Waals surface area contributed by atoms with Crippen molar-refractivity contribution in [2.75, 3.05) is 30.8 Å². The van der Waals surface area contributed by atoms with Crippen LogP contribution in [0.15, 0.2) is 36.5 Å². The number of ether oxygens (including phenoxy) is 1. The van der Waals surface area contributed by atoms with Crippen LogP contribution in [0.3, 0.4) is 0 Å². The number of hydrogen-bond donors (Lipinski definition) is 2. The molecule has 3 amide bonds. The number of likely N-dealkylation sites (tertiary alicyclic amines) is 1. The Kier molecular flexibility index (Phi) is 5.80. The second-order valence-electron chi connectivity index (χ2n) is 6.15. The maximum absolute atomic E-state index is 13.2. The molecule has 142 valence electrons. The number of halogens is 1. The van der Waals surface area contributed by atoms with E-state index in [4.69, 9.17) is 4.74 Å². The van der Waals surface area contributed by atoms with E-state index in [2.05, 4.69) is 20.8 Å². The fourth-order valence-electron chi connectivity index (χ4n) is 2.91. The van der Waals surface area contributed by atoms with E-state index in [9.17, 15) is 14.0 Å². The number of nitrogens with one attached hydrogen (secondary N) is 2. The van der Waals surface area contributed by atoms with Crippen molar-refractivity contribution in [2.45, 2.75) is 12.8 Å². The standard InChI is InChI=1S/C18H20FN5O3/c1-27-17-15(5-8-20-23-17)22-18(26)24-9-6-12(7-10-24)16(25)21-14-4-2-3-13(19)11-14/h2-5,8,11-12H,6-7,9-10H2,1H3,(H,21,25)(H,20,22,26). The lowest BCUT2D eigenvalue weighted by molar-refractivity contribution is -0.121. The SMILES string of the molecule is COc1nnccc1NC(=O)N1CCC(C(=O)Nc2cccc(F)c2)CC1. The van der Waals surface area contributed by atoms with E-state index in [-0.39, 0.29) is 23.7 Å². The third kappa shape index (κ3) is 4.69. The molecule has 2 N–H and O–H groups in total. The van der Waals surface area contributed by atoms with Crippen molar-refractivity contribution in [1.29, 1.82) is 0 Å². The van der Waals surface area contributed by atoms with Gasteiger partial charge >= 0.3 is 6.03 Å². The molecule has 8 nitrogen and oxygen atoms in total. The van der Waals surface area contributed by atoms with E-state index in [1.165, 1.54) is 25.4 Å². The predicted octanol–water partition coefficient (Wildman–Crippen LogP) is 2.51. The van der Waals surface area contributed by atoms with Crippen LogP contribution in [0.5, 0.6) is 5.88 Å². The molecule has 1 fully saturated rings. The summed E-state index contributed by atoms with van der Waals surface area (Å²) < 4.78 is 18.3. The normalized spacial score (nSPS) is 14.5. The van der Waals surface area contributed by atoms with Gasteiger partial charge in [0, 0.05) is 24.7 Å². The fraction of sp³-hybridized carbons (Fsp3) is 0.333. The van der Waals surface area contributed by atoms with Gasteiger partial charge in [-0.05, 0) is 37.1 Å². The van der Waals surface area contributed by atoms with Crippen LogP contribution in [0.2, 0.25) is 0 Å². The lowest BCUT2D eigenvalue weighted by Gasteiger charge is -2.31. The average Bonchev–Trinajstić information content (AvgIpc) is 2.68. The molecule has 1 saturated heterocycles. The second-order valence-corrected chi connectivity index (χ2v) is 6.15. The van der Waals surface area contributed by atoms with Gasteiger partial charge in [0.25, 0.3) is 5.88 Å². The summed E-state index contributed by atoms with van der Waals surface area (Å²) in [6, 6.07) is 7.09. The molecule has 0 saturated carbocycles. The smallest absolute Gasteiger partial charge is 0.321 e. The number of benzene rings is 1. The molecule has 2 aromatic rings. The van der Waals surface area contributed by atoms with Gasteiger partial charge in [0.2, 0.25) is 5.91 Å². The van der Waals surface area contributed by atoms with Gasteiger partial charge in [0.15, 0.2) is 0 Å². The zero-order valence-corrected chi connectivity index (χ0v) is 14.8. The van der Waals surface area contributed by atoms with E-state index in [0.717, 1.165) is 0 Å². The Morgan fingerprint density at radius 2 is 2.00 bits per heavy atom. The number of rotatable bonds is 4. The number of urea groups is 1. The van der Waals surface area contributed by atoms with Crippen LogP contribution in [0, 0.1) is 11.7 Å². The molecule has 1 aliphatic rings. The van der Waals surface area contributed by atoms with E-state index in [0.29, 0.717) is 37.3 Å². The number of anilines is 2. The molecule has 1 aromatic heterocycles. The second kappa shape index (κ2) is 8.43. The molecule has 0 bridgehead atoms. The number of aromatic nitrogens is 2. The van der Waals surface area contributed by atoms with Gasteiger partial charge in [0.1, 0.15) is 11.5 Å². The van der Waals surface area contributed by atoms with Gasteiger partial charge in [-0.2, -0.15) is 5.10 Å². The molecular weight excluding hydrogens is 353 g/mol. The van der Waals surface area contributed by atoms with Crippen molar-refractivity contribution in [1.82, 2.24) is 15.1 Å². The number of methoxy groups -OCH3 is 1. The number of hydrogen-bond acceptors (Lipinski definition) is 5. The van der Waals surface area contributed by atoms with E-state index in [1.54, 1.807) is 23.1 Å². The zero-order valence-electron chi connectivity index (χ0n) is 14.8. The van der Waals surface area contributed by atoms with Crippen LogP contribution in [-0.4, -0.2) is 47.2 Å². The van der Waals surface area contributed by atoms with E-state index in [1.807, 2.05) is 0 Å². The highest BCUT2D eigenvalue weighted by Gasteiger charge is 2.28. The van der Waals surface area contributed by atoms with Crippen molar-refractivity contribution in [3.8, 4) is 5.88 Å². The van der Waals surface area contributed by atoms with Gasteiger partial charge < -0.3 is 20.3 Å². The zero-order chi connectivity index (χ0) is 19.2. The predicted molar refractivity (Wildman–Crippen MR) is 96.9 cm³/mol. The van der Waals surface area contributed by atoms with Crippen LogP contribution in [0.1, 0.15) is 12.8 Å². The van der Waals surface area contributed by atoms with Gasteiger partial charge in [-0.25, -0.2) is 9.18 Å². The molecule has 0 aliphatic carbocycles. The molecule has 2 heterocycles. The summed E-state index contributed by atoms with van der Waals surface area (Å²) in [5, 5.41) is 12.9. The molecule has 27 heavy (non-hydrogen) atoms. The summed E-state index contributed by atoms with van der Waals surface area (Å²) in [6.45, 7) is 0.877. The average molecular weight is 373 g/mol. The first kappa shape index (κ1) is 18.6. The minimum absolute atomic E-state index is 0.166. The first-order valence-electron chi connectivity index (χ1n) is 8.55. The number of piperidine rings is 1. The maximum Gasteiger partial charge on any atom is 0.321 e. The first-order valence-corrected chi connectivity index (χ1v) is 8.55. The molecule has 3 rings (SSSR count). The fourth-order valence-corrected chi connectivity index (χ4v) is 2.91.